The third kappa shape index (κ3) is 4.47. The molecule has 1 aliphatic rings. The molecule has 0 spiro atoms. The number of rotatable bonds is 4. The summed E-state index contributed by atoms with van der Waals surface area (Å²) in [5.41, 5.74) is 6.61. The van der Waals surface area contributed by atoms with Crippen LogP contribution in [0.3, 0.4) is 0 Å². The van der Waals surface area contributed by atoms with Crippen LogP contribution >= 0.6 is 0 Å². The van der Waals surface area contributed by atoms with E-state index in [0.29, 0.717) is 30.4 Å². The SMILES string of the molecule is Cc1c(Cc2ccc(-c3cnn(C(C)(C)C)c3)nc2)cc2c(=O)n([C@H]3CCOC[C@@H]3O)cnc2c1C. The molecule has 1 aromatic carbocycles. The first-order valence-corrected chi connectivity index (χ1v) is 12.4. The van der Waals surface area contributed by atoms with E-state index in [9.17, 15) is 9.90 Å². The van der Waals surface area contributed by atoms with Gasteiger partial charge in [-0.1, -0.05) is 6.07 Å². The Morgan fingerprint density at radius 2 is 1.94 bits per heavy atom. The number of ether oxygens (including phenoxy) is 1. The second-order valence-electron chi connectivity index (χ2n) is 10.7. The highest BCUT2D eigenvalue weighted by atomic mass is 16.5. The van der Waals surface area contributed by atoms with Gasteiger partial charge in [-0.15, -0.1) is 0 Å². The fraction of sp³-hybridized carbons (Fsp3) is 0.429. The minimum absolute atomic E-state index is 0.0834. The Hall–Kier alpha value is -3.36. The number of aromatic nitrogens is 5. The van der Waals surface area contributed by atoms with Crippen molar-refractivity contribution in [2.75, 3.05) is 13.2 Å². The first kappa shape index (κ1) is 24.3. The summed E-state index contributed by atoms with van der Waals surface area (Å²) in [6.07, 6.45) is 7.85. The van der Waals surface area contributed by atoms with Crippen LogP contribution in [0.1, 0.15) is 55.5 Å². The molecule has 0 unspecified atom stereocenters. The molecule has 4 heterocycles. The summed E-state index contributed by atoms with van der Waals surface area (Å²) in [6.45, 7) is 11.2. The molecule has 0 bridgehead atoms. The van der Waals surface area contributed by atoms with Crippen molar-refractivity contribution in [1.29, 1.82) is 0 Å². The smallest absolute Gasteiger partial charge is 0.261 e. The summed E-state index contributed by atoms with van der Waals surface area (Å²) < 4.78 is 8.85. The average Bonchev–Trinajstić information content (AvgIpc) is 3.35. The van der Waals surface area contributed by atoms with Crippen molar-refractivity contribution in [1.82, 2.24) is 24.3 Å². The van der Waals surface area contributed by atoms with Crippen LogP contribution in [0.2, 0.25) is 0 Å². The molecule has 0 amide bonds. The molecule has 3 aromatic heterocycles. The lowest BCUT2D eigenvalue weighted by molar-refractivity contribution is -0.0395. The third-order valence-corrected chi connectivity index (χ3v) is 7.18. The Bertz CT molecular complexity index is 1460. The minimum Gasteiger partial charge on any atom is -0.389 e. The van der Waals surface area contributed by atoms with Crippen molar-refractivity contribution >= 4 is 10.9 Å². The number of fused-ring (bicyclic) bond motifs is 1. The van der Waals surface area contributed by atoms with E-state index in [2.05, 4.69) is 48.8 Å². The third-order valence-electron chi connectivity index (χ3n) is 7.18. The van der Waals surface area contributed by atoms with Gasteiger partial charge < -0.3 is 9.84 Å². The molecule has 1 N–H and O–H groups in total. The van der Waals surface area contributed by atoms with Gasteiger partial charge in [0.05, 0.1) is 53.4 Å². The molecule has 1 fully saturated rings. The van der Waals surface area contributed by atoms with Gasteiger partial charge >= 0.3 is 0 Å². The molecule has 36 heavy (non-hydrogen) atoms. The predicted molar refractivity (Wildman–Crippen MR) is 139 cm³/mol. The maximum atomic E-state index is 13.5. The van der Waals surface area contributed by atoms with E-state index >= 15 is 0 Å². The Kier molecular flexibility index (Phi) is 6.26. The van der Waals surface area contributed by atoms with Crippen LogP contribution in [0.25, 0.3) is 22.2 Å². The van der Waals surface area contributed by atoms with Crippen LogP contribution < -0.4 is 5.56 Å². The average molecular weight is 488 g/mol. The number of aliphatic hydroxyl groups is 1. The lowest BCUT2D eigenvalue weighted by atomic mass is 9.95. The standard InChI is InChI=1S/C28H33N5O3/c1-17-18(2)26-22(27(35)32(16-30-26)24-8-9-36-15-25(24)34)11-20(17)10-19-6-7-23(29-12-19)21-13-31-33(14-21)28(3,4)5/h6-7,11-14,16,24-25,34H,8-10,15H2,1-5H3/t24-,25-/m0/s1. The van der Waals surface area contributed by atoms with Gasteiger partial charge in [0.25, 0.3) is 5.56 Å². The monoisotopic (exact) mass is 487 g/mol. The molecule has 0 radical (unpaired) electrons. The number of hydrogen-bond acceptors (Lipinski definition) is 6. The van der Waals surface area contributed by atoms with Gasteiger partial charge in [-0.05, 0) is 81.8 Å². The number of hydrogen-bond donors (Lipinski definition) is 1. The summed E-state index contributed by atoms with van der Waals surface area (Å²) in [5, 5.41) is 15.4. The van der Waals surface area contributed by atoms with Crippen LogP contribution in [0.5, 0.6) is 0 Å². The molecular weight excluding hydrogens is 454 g/mol. The molecule has 8 heteroatoms. The van der Waals surface area contributed by atoms with Gasteiger partial charge in [-0.3, -0.25) is 19.0 Å². The largest absolute Gasteiger partial charge is 0.389 e. The fourth-order valence-corrected chi connectivity index (χ4v) is 4.81. The summed E-state index contributed by atoms with van der Waals surface area (Å²) >= 11 is 0. The van der Waals surface area contributed by atoms with Crippen molar-refractivity contribution in [2.24, 2.45) is 0 Å². The van der Waals surface area contributed by atoms with Crippen LogP contribution in [-0.4, -0.2) is 48.7 Å². The number of aryl methyl sites for hydroxylation is 1. The minimum atomic E-state index is -0.721. The topological polar surface area (TPSA) is 95.1 Å². The molecule has 5 rings (SSSR count). The summed E-state index contributed by atoms with van der Waals surface area (Å²) in [6, 6.07) is 5.73. The highest BCUT2D eigenvalue weighted by molar-refractivity contribution is 5.83. The molecular formula is C28H33N5O3. The summed E-state index contributed by atoms with van der Waals surface area (Å²) in [7, 11) is 0. The van der Waals surface area contributed by atoms with E-state index in [1.165, 1.54) is 0 Å². The zero-order valence-corrected chi connectivity index (χ0v) is 21.5. The molecule has 188 valence electrons. The van der Waals surface area contributed by atoms with Crippen LogP contribution in [-0.2, 0) is 16.7 Å². The number of benzene rings is 1. The first-order valence-electron chi connectivity index (χ1n) is 12.4. The molecule has 0 aliphatic carbocycles. The van der Waals surface area contributed by atoms with Crippen LogP contribution in [0.4, 0.5) is 0 Å². The van der Waals surface area contributed by atoms with E-state index in [-0.39, 0.29) is 23.7 Å². The lowest BCUT2D eigenvalue weighted by Gasteiger charge is -2.29. The van der Waals surface area contributed by atoms with E-state index in [1.807, 2.05) is 42.3 Å². The van der Waals surface area contributed by atoms with Gasteiger partial charge in [0.1, 0.15) is 0 Å². The number of pyridine rings is 1. The zero-order chi connectivity index (χ0) is 25.6. The Balaban J connectivity index is 1.46. The fourth-order valence-electron chi connectivity index (χ4n) is 4.81. The van der Waals surface area contributed by atoms with Crippen molar-refractivity contribution in [2.45, 2.75) is 65.1 Å². The van der Waals surface area contributed by atoms with Gasteiger partial charge in [-0.2, -0.15) is 5.10 Å². The van der Waals surface area contributed by atoms with E-state index < -0.39 is 6.10 Å². The van der Waals surface area contributed by atoms with Crippen molar-refractivity contribution < 1.29 is 9.84 Å². The highest BCUT2D eigenvalue weighted by Gasteiger charge is 2.27. The normalized spacial score (nSPS) is 18.6. The van der Waals surface area contributed by atoms with Crippen molar-refractivity contribution in [3.63, 3.8) is 0 Å². The zero-order valence-electron chi connectivity index (χ0n) is 21.5. The molecule has 2 atom stereocenters. The van der Waals surface area contributed by atoms with Gasteiger partial charge in [-0.25, -0.2) is 4.98 Å². The molecule has 1 aliphatic heterocycles. The Morgan fingerprint density at radius 1 is 1.14 bits per heavy atom. The second kappa shape index (κ2) is 9.26. The second-order valence-corrected chi connectivity index (χ2v) is 10.7. The van der Waals surface area contributed by atoms with E-state index in [0.717, 1.165) is 33.5 Å². The Morgan fingerprint density at radius 3 is 2.61 bits per heavy atom. The molecule has 8 nitrogen and oxygen atoms in total. The number of nitrogens with zero attached hydrogens (tertiary/aromatic N) is 5. The lowest BCUT2D eigenvalue weighted by Crippen LogP contribution is -2.39. The van der Waals surface area contributed by atoms with E-state index in [1.54, 1.807) is 10.9 Å². The predicted octanol–water partition coefficient (Wildman–Crippen LogP) is 3.94. The van der Waals surface area contributed by atoms with Crippen LogP contribution in [0.15, 0.2) is 47.9 Å². The molecule has 1 saturated heterocycles. The number of aliphatic hydroxyl groups excluding tert-OH is 1. The first-order chi connectivity index (χ1) is 17.1. The van der Waals surface area contributed by atoms with Gasteiger partial charge in [0.2, 0.25) is 0 Å². The maximum Gasteiger partial charge on any atom is 0.261 e. The van der Waals surface area contributed by atoms with Crippen LogP contribution in [0, 0.1) is 13.8 Å². The van der Waals surface area contributed by atoms with Crippen molar-refractivity contribution in [3.8, 4) is 11.3 Å². The highest BCUT2D eigenvalue weighted by Crippen LogP contribution is 2.26. The maximum absolute atomic E-state index is 13.5. The summed E-state index contributed by atoms with van der Waals surface area (Å²) in [5.74, 6) is 0. The Labute approximate surface area is 210 Å². The van der Waals surface area contributed by atoms with E-state index in [4.69, 9.17) is 4.74 Å². The quantitative estimate of drug-likeness (QED) is 0.469. The van der Waals surface area contributed by atoms with Gasteiger partial charge in [0, 0.05) is 24.6 Å². The van der Waals surface area contributed by atoms with Gasteiger partial charge in [0.15, 0.2) is 0 Å². The van der Waals surface area contributed by atoms with Crippen molar-refractivity contribution in [3.05, 3.63) is 75.7 Å². The molecule has 4 aromatic rings. The summed E-state index contributed by atoms with van der Waals surface area (Å²) in [4.78, 5) is 22.8. The molecule has 0 saturated carbocycles.